The van der Waals surface area contributed by atoms with Crippen LogP contribution >= 0.6 is 11.6 Å². The molecule has 6 nitrogen and oxygen atoms in total. The smallest absolute Gasteiger partial charge is 0.278 e. The summed E-state index contributed by atoms with van der Waals surface area (Å²) in [6.45, 7) is 0. The number of ketones is 1. The van der Waals surface area contributed by atoms with Gasteiger partial charge in [0.2, 0.25) is 17.8 Å². The maximum Gasteiger partial charge on any atom is 0.278 e. The second-order valence-electron chi connectivity index (χ2n) is 6.86. The standard InChI is InChI=1S/C22H13ClN2O4/c23-15-7-9-16(10-8-15)25-21(27)17-18(24-29-20(17)22(25)28)19(26)14-6-5-12-3-1-2-4-13(12)11-14/h1-11,17,20H/t17-,20-/m0/s1. The van der Waals surface area contributed by atoms with Crippen molar-refractivity contribution in [1.29, 1.82) is 0 Å². The molecule has 0 radical (unpaired) electrons. The van der Waals surface area contributed by atoms with E-state index in [4.69, 9.17) is 16.4 Å². The van der Waals surface area contributed by atoms with Crippen molar-refractivity contribution in [2.75, 3.05) is 4.90 Å². The van der Waals surface area contributed by atoms with E-state index in [0.717, 1.165) is 15.7 Å². The third-order valence-electron chi connectivity index (χ3n) is 5.14. The van der Waals surface area contributed by atoms with E-state index in [1.54, 1.807) is 36.4 Å². The Labute approximate surface area is 170 Å². The topological polar surface area (TPSA) is 76.0 Å². The van der Waals surface area contributed by atoms with Gasteiger partial charge < -0.3 is 4.84 Å². The first-order valence-corrected chi connectivity index (χ1v) is 9.33. The SMILES string of the molecule is O=C(C1=NO[C@@H]2C(=O)N(c3ccc(Cl)cc3)C(=O)[C@@H]12)c1ccc2ccccc2c1. The number of nitrogens with zero attached hydrogens (tertiary/aromatic N) is 2. The van der Waals surface area contributed by atoms with Crippen LogP contribution in [0.25, 0.3) is 10.8 Å². The molecule has 0 N–H and O–H groups in total. The summed E-state index contributed by atoms with van der Waals surface area (Å²) in [4.78, 5) is 45.0. The lowest BCUT2D eigenvalue weighted by atomic mass is 9.92. The van der Waals surface area contributed by atoms with Crippen LogP contribution in [-0.4, -0.2) is 29.4 Å². The molecule has 3 aromatic rings. The van der Waals surface area contributed by atoms with Crippen molar-refractivity contribution < 1.29 is 19.2 Å². The Morgan fingerprint density at radius 2 is 1.66 bits per heavy atom. The van der Waals surface area contributed by atoms with Crippen molar-refractivity contribution in [1.82, 2.24) is 0 Å². The molecule has 7 heteroatoms. The fourth-order valence-corrected chi connectivity index (χ4v) is 3.82. The largest absolute Gasteiger partial charge is 0.381 e. The fourth-order valence-electron chi connectivity index (χ4n) is 3.69. The van der Waals surface area contributed by atoms with Crippen molar-refractivity contribution >= 4 is 51.4 Å². The van der Waals surface area contributed by atoms with E-state index >= 15 is 0 Å². The molecular formula is C22H13ClN2O4. The molecule has 2 aliphatic heterocycles. The average molecular weight is 405 g/mol. The Balaban J connectivity index is 1.48. The number of Topliss-reactive ketones (excluding diaryl/α,β-unsaturated/α-hetero) is 1. The Bertz CT molecular complexity index is 1220. The number of rotatable bonds is 3. The van der Waals surface area contributed by atoms with Gasteiger partial charge in [-0.2, -0.15) is 0 Å². The van der Waals surface area contributed by atoms with Crippen LogP contribution < -0.4 is 4.90 Å². The van der Waals surface area contributed by atoms with Gasteiger partial charge in [0, 0.05) is 10.6 Å². The van der Waals surface area contributed by atoms with E-state index in [9.17, 15) is 14.4 Å². The first-order chi connectivity index (χ1) is 14.0. The Kier molecular flexibility index (Phi) is 3.96. The van der Waals surface area contributed by atoms with E-state index in [1.165, 1.54) is 0 Å². The normalized spacial score (nSPS) is 20.6. The summed E-state index contributed by atoms with van der Waals surface area (Å²) >= 11 is 5.88. The fraction of sp³-hybridized carbons (Fsp3) is 0.0909. The molecule has 0 unspecified atom stereocenters. The third-order valence-corrected chi connectivity index (χ3v) is 5.39. The summed E-state index contributed by atoms with van der Waals surface area (Å²) in [7, 11) is 0. The average Bonchev–Trinajstić information content (AvgIpc) is 3.28. The van der Waals surface area contributed by atoms with Gasteiger partial charge in [-0.25, -0.2) is 4.90 Å². The summed E-state index contributed by atoms with van der Waals surface area (Å²) in [5, 5.41) is 6.17. The summed E-state index contributed by atoms with van der Waals surface area (Å²) in [5.74, 6) is -2.57. The van der Waals surface area contributed by atoms with E-state index < -0.39 is 29.6 Å². The van der Waals surface area contributed by atoms with Gasteiger partial charge in [-0.05, 0) is 41.1 Å². The number of amides is 2. The van der Waals surface area contributed by atoms with Gasteiger partial charge in [-0.1, -0.05) is 53.2 Å². The van der Waals surface area contributed by atoms with E-state index in [2.05, 4.69) is 5.16 Å². The molecule has 3 aromatic carbocycles. The summed E-state index contributed by atoms with van der Waals surface area (Å²) in [6.07, 6.45) is -1.13. The molecule has 0 aromatic heterocycles. The van der Waals surface area contributed by atoms with E-state index in [0.29, 0.717) is 16.3 Å². The lowest BCUT2D eigenvalue weighted by Crippen LogP contribution is -2.34. The molecule has 0 spiro atoms. The number of imide groups is 1. The van der Waals surface area contributed by atoms with Gasteiger partial charge >= 0.3 is 0 Å². The summed E-state index contributed by atoms with van der Waals surface area (Å²) < 4.78 is 0. The quantitative estimate of drug-likeness (QED) is 0.493. The van der Waals surface area contributed by atoms with E-state index in [1.807, 2.05) is 30.3 Å². The minimum Gasteiger partial charge on any atom is -0.381 e. The Hall–Kier alpha value is -3.51. The van der Waals surface area contributed by atoms with E-state index in [-0.39, 0.29) is 5.71 Å². The number of fused-ring (bicyclic) bond motifs is 2. The van der Waals surface area contributed by atoms with Gasteiger partial charge in [0.1, 0.15) is 11.6 Å². The number of halogens is 1. The zero-order chi connectivity index (χ0) is 20.1. The molecule has 1 saturated heterocycles. The molecule has 142 valence electrons. The molecule has 0 aliphatic carbocycles. The van der Waals surface area contributed by atoms with Gasteiger partial charge in [0.25, 0.3) is 5.91 Å². The second kappa shape index (κ2) is 6.53. The van der Waals surface area contributed by atoms with Crippen LogP contribution in [0.4, 0.5) is 5.69 Å². The second-order valence-corrected chi connectivity index (χ2v) is 7.30. The number of oxime groups is 1. The van der Waals surface area contributed by atoms with Crippen LogP contribution in [0.3, 0.4) is 0 Å². The zero-order valence-electron chi connectivity index (χ0n) is 14.9. The monoisotopic (exact) mass is 404 g/mol. The van der Waals surface area contributed by atoms with Crippen molar-refractivity contribution in [3.8, 4) is 0 Å². The number of carbonyl (C=O) groups excluding carboxylic acids is 3. The number of anilines is 1. The van der Waals surface area contributed by atoms with Crippen molar-refractivity contribution in [2.45, 2.75) is 6.10 Å². The molecule has 5 rings (SSSR count). The van der Waals surface area contributed by atoms with Gasteiger partial charge in [0.05, 0.1) is 5.69 Å². The van der Waals surface area contributed by atoms with Crippen LogP contribution in [-0.2, 0) is 14.4 Å². The Morgan fingerprint density at radius 3 is 2.41 bits per heavy atom. The van der Waals surface area contributed by atoms with Crippen LogP contribution in [0.1, 0.15) is 10.4 Å². The number of hydrogen-bond acceptors (Lipinski definition) is 5. The maximum absolute atomic E-state index is 13.1. The number of carbonyl (C=O) groups is 3. The highest BCUT2D eigenvalue weighted by atomic mass is 35.5. The summed E-state index contributed by atoms with van der Waals surface area (Å²) in [6, 6.07) is 19.2. The zero-order valence-corrected chi connectivity index (χ0v) is 15.7. The van der Waals surface area contributed by atoms with Crippen LogP contribution in [0, 0.1) is 5.92 Å². The molecule has 29 heavy (non-hydrogen) atoms. The third kappa shape index (κ3) is 2.72. The van der Waals surface area contributed by atoms with Gasteiger partial charge in [-0.3, -0.25) is 14.4 Å². The van der Waals surface area contributed by atoms with Gasteiger partial charge in [-0.15, -0.1) is 0 Å². The highest BCUT2D eigenvalue weighted by molar-refractivity contribution is 6.52. The molecule has 2 aliphatic rings. The molecule has 2 heterocycles. The maximum atomic E-state index is 13.1. The molecule has 2 atom stereocenters. The minimum atomic E-state index is -1.13. The highest BCUT2D eigenvalue weighted by Gasteiger charge is 2.57. The van der Waals surface area contributed by atoms with Crippen LogP contribution in [0.15, 0.2) is 71.9 Å². The van der Waals surface area contributed by atoms with Crippen LogP contribution in [0.5, 0.6) is 0 Å². The lowest BCUT2D eigenvalue weighted by molar-refractivity contribution is -0.126. The summed E-state index contributed by atoms with van der Waals surface area (Å²) in [5.41, 5.74) is 0.705. The predicted octanol–water partition coefficient (Wildman–Crippen LogP) is 3.62. The number of benzene rings is 3. The molecule has 1 fully saturated rings. The molecule has 0 bridgehead atoms. The number of hydrogen-bond donors (Lipinski definition) is 0. The van der Waals surface area contributed by atoms with Crippen molar-refractivity contribution in [2.24, 2.45) is 11.1 Å². The lowest BCUT2D eigenvalue weighted by Gasteiger charge is -2.15. The van der Waals surface area contributed by atoms with Gasteiger partial charge in [0.15, 0.2) is 0 Å². The van der Waals surface area contributed by atoms with Crippen LogP contribution in [0.2, 0.25) is 5.02 Å². The Morgan fingerprint density at radius 1 is 0.931 bits per heavy atom. The highest BCUT2D eigenvalue weighted by Crippen LogP contribution is 2.34. The van der Waals surface area contributed by atoms with Crippen molar-refractivity contribution in [3.05, 3.63) is 77.3 Å². The molecular weight excluding hydrogens is 392 g/mol. The first-order valence-electron chi connectivity index (χ1n) is 8.95. The minimum absolute atomic E-state index is 0.0555. The first kappa shape index (κ1) is 17.6. The predicted molar refractivity (Wildman–Crippen MR) is 108 cm³/mol. The molecule has 0 saturated carbocycles. The van der Waals surface area contributed by atoms with Crippen molar-refractivity contribution in [3.63, 3.8) is 0 Å². The molecule has 2 amide bonds.